The van der Waals surface area contributed by atoms with Gasteiger partial charge >= 0.3 is 0 Å². The van der Waals surface area contributed by atoms with Gasteiger partial charge in [-0.25, -0.2) is 0 Å². The summed E-state index contributed by atoms with van der Waals surface area (Å²) in [5.74, 6) is 1.29. The third kappa shape index (κ3) is 4.25. The molecule has 2 aromatic carbocycles. The van der Waals surface area contributed by atoms with Gasteiger partial charge in [0.2, 0.25) is 5.91 Å². The summed E-state index contributed by atoms with van der Waals surface area (Å²) in [5.41, 5.74) is 2.85. The number of hydrogen-bond acceptors (Lipinski definition) is 3. The molecule has 4 nitrogen and oxygen atoms in total. The maximum Gasteiger partial charge on any atom is 0.246 e. The molecule has 2 atom stereocenters. The normalized spacial score (nSPS) is 19.0. The van der Waals surface area contributed by atoms with Gasteiger partial charge in [-0.2, -0.15) is 0 Å². The quantitative estimate of drug-likeness (QED) is 0.866. The average Bonchev–Trinajstić information content (AvgIpc) is 2.63. The number of carbonyl (C=O) groups is 1. The van der Waals surface area contributed by atoms with E-state index in [2.05, 4.69) is 17.1 Å². The third-order valence-electron chi connectivity index (χ3n) is 5.03. The van der Waals surface area contributed by atoms with E-state index in [9.17, 15) is 4.79 Å². The van der Waals surface area contributed by atoms with Crippen molar-refractivity contribution in [3.63, 3.8) is 0 Å². The summed E-state index contributed by atoms with van der Waals surface area (Å²) in [6.45, 7) is 6.16. The van der Waals surface area contributed by atoms with Crippen LogP contribution < -0.4 is 10.1 Å². The van der Waals surface area contributed by atoms with Gasteiger partial charge < -0.3 is 10.1 Å². The number of rotatable bonds is 5. The van der Waals surface area contributed by atoms with Gasteiger partial charge in [0.25, 0.3) is 0 Å². The number of nitrogens with zero attached hydrogens (tertiary/aromatic N) is 1. The molecule has 0 spiro atoms. The van der Waals surface area contributed by atoms with Gasteiger partial charge in [-0.3, -0.25) is 9.69 Å². The van der Waals surface area contributed by atoms with Crippen molar-refractivity contribution >= 4 is 11.6 Å². The topological polar surface area (TPSA) is 41.6 Å². The number of ether oxygens (including phenoxy) is 1. The molecule has 138 valence electrons. The SMILES string of the molecule is COc1ccc(C)cc1NC(=O)[C@@H](c1ccccc1)N1CCC[C@H](C)C1. The van der Waals surface area contributed by atoms with Crippen molar-refractivity contribution in [2.45, 2.75) is 32.7 Å². The fraction of sp³-hybridized carbons (Fsp3) is 0.409. The number of methoxy groups -OCH3 is 1. The highest BCUT2D eigenvalue weighted by atomic mass is 16.5. The van der Waals surface area contributed by atoms with Gasteiger partial charge in [0.05, 0.1) is 12.8 Å². The molecule has 0 radical (unpaired) electrons. The zero-order valence-electron chi connectivity index (χ0n) is 15.9. The Labute approximate surface area is 156 Å². The van der Waals surface area contributed by atoms with Crippen LogP contribution in [0, 0.1) is 12.8 Å². The van der Waals surface area contributed by atoms with E-state index in [0.29, 0.717) is 11.7 Å². The van der Waals surface area contributed by atoms with Gasteiger partial charge in [0, 0.05) is 6.54 Å². The Morgan fingerprint density at radius 3 is 2.69 bits per heavy atom. The van der Waals surface area contributed by atoms with E-state index in [1.54, 1.807) is 7.11 Å². The van der Waals surface area contributed by atoms with Crippen LogP contribution in [-0.2, 0) is 4.79 Å². The number of amides is 1. The van der Waals surface area contributed by atoms with Crippen LogP contribution in [0.3, 0.4) is 0 Å². The minimum absolute atomic E-state index is 0.00537. The molecule has 1 fully saturated rings. The molecule has 3 rings (SSSR count). The Balaban J connectivity index is 1.89. The van der Waals surface area contributed by atoms with Gasteiger partial charge in [-0.05, 0) is 55.5 Å². The van der Waals surface area contributed by atoms with E-state index in [0.717, 1.165) is 36.3 Å². The molecule has 26 heavy (non-hydrogen) atoms. The fourth-order valence-electron chi connectivity index (χ4n) is 3.74. The Bertz CT molecular complexity index is 745. The highest BCUT2D eigenvalue weighted by Gasteiger charge is 2.31. The fourth-order valence-corrected chi connectivity index (χ4v) is 3.74. The molecule has 0 saturated carbocycles. The standard InChI is InChI=1S/C22H28N2O2/c1-16-11-12-20(26-3)19(14-16)23-22(25)21(18-9-5-4-6-10-18)24-13-7-8-17(2)15-24/h4-6,9-12,14,17,21H,7-8,13,15H2,1-3H3,(H,23,25)/t17-,21+/m0/s1. The zero-order chi connectivity index (χ0) is 18.5. The van der Waals surface area contributed by atoms with Crippen molar-refractivity contribution in [1.82, 2.24) is 4.90 Å². The minimum Gasteiger partial charge on any atom is -0.495 e. The number of anilines is 1. The Morgan fingerprint density at radius 1 is 1.23 bits per heavy atom. The van der Waals surface area contributed by atoms with Crippen molar-refractivity contribution < 1.29 is 9.53 Å². The predicted molar refractivity (Wildman–Crippen MR) is 106 cm³/mol. The molecule has 1 N–H and O–H groups in total. The van der Waals surface area contributed by atoms with Crippen LogP contribution in [0.15, 0.2) is 48.5 Å². The van der Waals surface area contributed by atoms with Crippen molar-refractivity contribution in [1.29, 1.82) is 0 Å². The molecular weight excluding hydrogens is 324 g/mol. The van der Waals surface area contributed by atoms with Gasteiger partial charge in [0.15, 0.2) is 0 Å². The molecule has 0 aliphatic carbocycles. The molecule has 1 amide bonds. The summed E-state index contributed by atoms with van der Waals surface area (Å²) in [6.07, 6.45) is 2.36. The molecule has 1 aliphatic heterocycles. The number of carbonyl (C=O) groups excluding carboxylic acids is 1. The maximum absolute atomic E-state index is 13.3. The molecular formula is C22H28N2O2. The van der Waals surface area contributed by atoms with Gasteiger partial charge in [-0.1, -0.05) is 43.3 Å². The molecule has 0 aromatic heterocycles. The molecule has 2 aromatic rings. The van der Waals surface area contributed by atoms with Crippen molar-refractivity contribution in [3.05, 3.63) is 59.7 Å². The van der Waals surface area contributed by atoms with Crippen LogP contribution in [0.2, 0.25) is 0 Å². The van der Waals surface area contributed by atoms with Gasteiger partial charge in [-0.15, -0.1) is 0 Å². The Morgan fingerprint density at radius 2 is 2.00 bits per heavy atom. The smallest absolute Gasteiger partial charge is 0.246 e. The van der Waals surface area contributed by atoms with E-state index < -0.39 is 0 Å². The molecule has 0 unspecified atom stereocenters. The van der Waals surface area contributed by atoms with Crippen LogP contribution in [-0.4, -0.2) is 31.0 Å². The molecule has 1 heterocycles. The monoisotopic (exact) mass is 352 g/mol. The molecule has 1 saturated heterocycles. The van der Waals surface area contributed by atoms with E-state index in [4.69, 9.17) is 4.74 Å². The number of benzene rings is 2. The van der Waals surface area contributed by atoms with Crippen LogP contribution in [0.1, 0.15) is 36.9 Å². The summed E-state index contributed by atoms with van der Waals surface area (Å²) in [7, 11) is 1.63. The van der Waals surface area contributed by atoms with Crippen LogP contribution in [0.25, 0.3) is 0 Å². The van der Waals surface area contributed by atoms with Crippen molar-refractivity contribution in [2.75, 3.05) is 25.5 Å². The summed E-state index contributed by atoms with van der Waals surface area (Å²) in [5, 5.41) is 3.11. The molecule has 4 heteroatoms. The number of likely N-dealkylation sites (tertiary alicyclic amines) is 1. The lowest BCUT2D eigenvalue weighted by atomic mass is 9.95. The van der Waals surface area contributed by atoms with E-state index in [1.807, 2.05) is 55.5 Å². The maximum atomic E-state index is 13.3. The second-order valence-corrected chi connectivity index (χ2v) is 7.25. The highest BCUT2D eigenvalue weighted by molar-refractivity contribution is 5.96. The first-order chi connectivity index (χ1) is 12.6. The Hall–Kier alpha value is -2.33. The third-order valence-corrected chi connectivity index (χ3v) is 5.03. The van der Waals surface area contributed by atoms with E-state index in [1.165, 1.54) is 6.42 Å². The zero-order valence-corrected chi connectivity index (χ0v) is 15.9. The first-order valence-electron chi connectivity index (χ1n) is 9.33. The first-order valence-corrected chi connectivity index (χ1v) is 9.33. The lowest BCUT2D eigenvalue weighted by Gasteiger charge is -2.36. The predicted octanol–water partition coefficient (Wildman–Crippen LogP) is 4.42. The number of aryl methyl sites for hydroxylation is 1. The van der Waals surface area contributed by atoms with E-state index in [-0.39, 0.29) is 11.9 Å². The van der Waals surface area contributed by atoms with Crippen LogP contribution in [0.4, 0.5) is 5.69 Å². The largest absolute Gasteiger partial charge is 0.495 e. The summed E-state index contributed by atoms with van der Waals surface area (Å²) >= 11 is 0. The average molecular weight is 352 g/mol. The van der Waals surface area contributed by atoms with Crippen LogP contribution >= 0.6 is 0 Å². The summed E-state index contributed by atoms with van der Waals surface area (Å²) in [6, 6.07) is 15.6. The lowest BCUT2D eigenvalue weighted by molar-refractivity contribution is -0.122. The summed E-state index contributed by atoms with van der Waals surface area (Å²) in [4.78, 5) is 15.6. The second-order valence-electron chi connectivity index (χ2n) is 7.25. The number of nitrogens with one attached hydrogen (secondary N) is 1. The highest BCUT2D eigenvalue weighted by Crippen LogP contribution is 2.30. The lowest BCUT2D eigenvalue weighted by Crippen LogP contribution is -2.42. The Kier molecular flexibility index (Phi) is 5.94. The molecule has 1 aliphatic rings. The second kappa shape index (κ2) is 8.37. The number of hydrogen-bond donors (Lipinski definition) is 1. The number of piperidine rings is 1. The van der Waals surface area contributed by atoms with E-state index >= 15 is 0 Å². The first kappa shape index (κ1) is 18.5. The summed E-state index contributed by atoms with van der Waals surface area (Å²) < 4.78 is 5.42. The van der Waals surface area contributed by atoms with Crippen molar-refractivity contribution in [3.8, 4) is 5.75 Å². The van der Waals surface area contributed by atoms with Gasteiger partial charge in [0.1, 0.15) is 11.8 Å². The van der Waals surface area contributed by atoms with Crippen molar-refractivity contribution in [2.24, 2.45) is 5.92 Å². The minimum atomic E-state index is -0.288. The van der Waals surface area contributed by atoms with Crippen LogP contribution in [0.5, 0.6) is 5.75 Å². The molecule has 0 bridgehead atoms.